The first-order valence-electron chi connectivity index (χ1n) is 5.90. The van der Waals surface area contributed by atoms with Crippen LogP contribution >= 0.6 is 23.2 Å². The maximum Gasteiger partial charge on any atom is 0.252 e. The molecular formula is C15H13Cl2NO. The van der Waals surface area contributed by atoms with Gasteiger partial charge in [-0.2, -0.15) is 0 Å². The second kappa shape index (κ2) is 6.60. The number of rotatable bonds is 4. The summed E-state index contributed by atoms with van der Waals surface area (Å²) in [7, 11) is 0. The van der Waals surface area contributed by atoms with E-state index in [0.717, 1.165) is 5.56 Å². The first-order valence-corrected chi connectivity index (χ1v) is 6.71. The Labute approximate surface area is 122 Å². The summed E-state index contributed by atoms with van der Waals surface area (Å²) in [6.45, 7) is 0.357. The van der Waals surface area contributed by atoms with Crippen LogP contribution in [0, 0.1) is 0 Å². The molecule has 1 amide bonds. The van der Waals surface area contributed by atoms with E-state index in [0.29, 0.717) is 17.1 Å². The summed E-state index contributed by atoms with van der Waals surface area (Å²) in [6.07, 6.45) is 0. The van der Waals surface area contributed by atoms with Crippen LogP contribution in [-0.4, -0.2) is 12.5 Å². The second-order valence-corrected chi connectivity index (χ2v) is 5.00. The van der Waals surface area contributed by atoms with Gasteiger partial charge in [-0.05, 0) is 17.7 Å². The van der Waals surface area contributed by atoms with E-state index < -0.39 is 0 Å². The normalized spacial score (nSPS) is 11.9. The van der Waals surface area contributed by atoms with E-state index >= 15 is 0 Å². The molecule has 0 aromatic heterocycles. The maximum atomic E-state index is 11.9. The third-order valence-corrected chi connectivity index (χ3v) is 3.46. The van der Waals surface area contributed by atoms with Crippen molar-refractivity contribution >= 4 is 29.1 Å². The highest BCUT2D eigenvalue weighted by molar-refractivity contribution is 6.33. The van der Waals surface area contributed by atoms with E-state index in [-0.39, 0.29) is 11.3 Å². The fourth-order valence-electron chi connectivity index (χ4n) is 1.70. The quantitative estimate of drug-likeness (QED) is 0.847. The van der Waals surface area contributed by atoms with E-state index in [9.17, 15) is 4.79 Å². The predicted molar refractivity (Wildman–Crippen MR) is 78.8 cm³/mol. The van der Waals surface area contributed by atoms with Gasteiger partial charge in [0.1, 0.15) is 0 Å². The minimum absolute atomic E-state index is 0.216. The maximum absolute atomic E-state index is 11.9. The van der Waals surface area contributed by atoms with Gasteiger partial charge in [0.2, 0.25) is 0 Å². The van der Waals surface area contributed by atoms with Gasteiger partial charge < -0.3 is 5.32 Å². The number of carbonyl (C=O) groups excluding carboxylic acids is 1. The fourth-order valence-corrected chi connectivity index (χ4v) is 2.15. The average Bonchev–Trinajstić information content (AvgIpc) is 2.46. The molecule has 2 aromatic carbocycles. The number of alkyl halides is 1. The number of hydrogen-bond donors (Lipinski definition) is 1. The molecule has 0 saturated carbocycles. The summed E-state index contributed by atoms with van der Waals surface area (Å²) >= 11 is 12.2. The van der Waals surface area contributed by atoms with Crippen molar-refractivity contribution in [1.82, 2.24) is 5.32 Å². The van der Waals surface area contributed by atoms with E-state index in [1.807, 2.05) is 30.3 Å². The van der Waals surface area contributed by atoms with Gasteiger partial charge in [0.05, 0.1) is 16.0 Å². The topological polar surface area (TPSA) is 29.1 Å². The number of amides is 1. The molecule has 0 bridgehead atoms. The van der Waals surface area contributed by atoms with Crippen molar-refractivity contribution in [2.75, 3.05) is 6.54 Å². The van der Waals surface area contributed by atoms with Crippen molar-refractivity contribution in [3.63, 3.8) is 0 Å². The van der Waals surface area contributed by atoms with E-state index in [1.165, 1.54) is 0 Å². The van der Waals surface area contributed by atoms with E-state index in [2.05, 4.69) is 5.32 Å². The highest BCUT2D eigenvalue weighted by Gasteiger charge is 2.12. The minimum Gasteiger partial charge on any atom is -0.350 e. The van der Waals surface area contributed by atoms with Gasteiger partial charge in [0.25, 0.3) is 5.91 Å². The van der Waals surface area contributed by atoms with Crippen LogP contribution in [0.3, 0.4) is 0 Å². The van der Waals surface area contributed by atoms with Gasteiger partial charge >= 0.3 is 0 Å². The van der Waals surface area contributed by atoms with Gasteiger partial charge in [-0.15, -0.1) is 11.6 Å². The summed E-state index contributed by atoms with van der Waals surface area (Å²) < 4.78 is 0. The number of nitrogens with one attached hydrogen (secondary N) is 1. The third-order valence-electron chi connectivity index (χ3n) is 2.72. The third kappa shape index (κ3) is 3.72. The van der Waals surface area contributed by atoms with Crippen molar-refractivity contribution < 1.29 is 4.79 Å². The molecule has 0 aliphatic heterocycles. The summed E-state index contributed by atoms with van der Waals surface area (Å²) in [5.41, 5.74) is 1.43. The number of hydrogen-bond acceptors (Lipinski definition) is 1. The zero-order chi connectivity index (χ0) is 13.7. The summed E-state index contributed by atoms with van der Waals surface area (Å²) in [6, 6.07) is 16.5. The molecule has 0 radical (unpaired) electrons. The minimum atomic E-state index is -0.257. The molecule has 0 saturated heterocycles. The first kappa shape index (κ1) is 13.9. The Kier molecular flexibility index (Phi) is 4.83. The van der Waals surface area contributed by atoms with Gasteiger partial charge in [-0.25, -0.2) is 0 Å². The number of carbonyl (C=O) groups is 1. The standard InChI is InChI=1S/C15H13Cl2NO/c16-13-9-5-4-8-12(13)15(19)18-10-14(17)11-6-2-1-3-7-11/h1-9,14H,10H2,(H,18,19). The fraction of sp³-hybridized carbons (Fsp3) is 0.133. The molecular weight excluding hydrogens is 281 g/mol. The van der Waals surface area contributed by atoms with Crippen molar-refractivity contribution in [3.05, 3.63) is 70.7 Å². The lowest BCUT2D eigenvalue weighted by atomic mass is 10.1. The van der Waals surface area contributed by atoms with Crippen LogP contribution in [0.1, 0.15) is 21.3 Å². The van der Waals surface area contributed by atoms with E-state index in [4.69, 9.17) is 23.2 Å². The molecule has 0 aliphatic rings. The largest absolute Gasteiger partial charge is 0.350 e. The molecule has 2 nitrogen and oxygen atoms in total. The summed E-state index contributed by atoms with van der Waals surface area (Å²) in [5, 5.41) is 2.96. The Morgan fingerprint density at radius 1 is 1.05 bits per heavy atom. The number of halogens is 2. The predicted octanol–water partition coefficient (Wildman–Crippen LogP) is 4.05. The van der Waals surface area contributed by atoms with Gasteiger partial charge in [-0.1, -0.05) is 54.1 Å². The van der Waals surface area contributed by atoms with Crippen LogP contribution in [0.25, 0.3) is 0 Å². The molecule has 0 spiro atoms. The molecule has 1 N–H and O–H groups in total. The number of benzene rings is 2. The van der Waals surface area contributed by atoms with Gasteiger partial charge in [-0.3, -0.25) is 4.79 Å². The molecule has 0 aliphatic carbocycles. The second-order valence-electron chi connectivity index (χ2n) is 4.07. The van der Waals surface area contributed by atoms with Crippen LogP contribution in [0.5, 0.6) is 0 Å². The van der Waals surface area contributed by atoms with Crippen molar-refractivity contribution in [2.45, 2.75) is 5.38 Å². The molecule has 4 heteroatoms. The summed E-state index contributed by atoms with van der Waals surface area (Å²) in [5.74, 6) is -0.216. The van der Waals surface area contributed by atoms with Crippen molar-refractivity contribution in [1.29, 1.82) is 0 Å². The van der Waals surface area contributed by atoms with Crippen LogP contribution in [0.4, 0.5) is 0 Å². The molecule has 19 heavy (non-hydrogen) atoms. The highest BCUT2D eigenvalue weighted by Crippen LogP contribution is 2.19. The molecule has 1 atom stereocenters. The zero-order valence-corrected chi connectivity index (χ0v) is 11.7. The smallest absolute Gasteiger partial charge is 0.252 e. The molecule has 0 fully saturated rings. The van der Waals surface area contributed by atoms with Crippen LogP contribution in [-0.2, 0) is 0 Å². The van der Waals surface area contributed by atoms with Crippen LogP contribution in [0.2, 0.25) is 5.02 Å². The Balaban J connectivity index is 1.96. The van der Waals surface area contributed by atoms with Crippen molar-refractivity contribution in [2.24, 2.45) is 0 Å². The van der Waals surface area contributed by atoms with E-state index in [1.54, 1.807) is 24.3 Å². The van der Waals surface area contributed by atoms with Crippen LogP contribution in [0.15, 0.2) is 54.6 Å². The first-order chi connectivity index (χ1) is 9.18. The average molecular weight is 294 g/mol. The molecule has 0 heterocycles. The Morgan fingerprint density at radius 2 is 1.68 bits per heavy atom. The lowest BCUT2D eigenvalue weighted by Crippen LogP contribution is -2.27. The molecule has 2 rings (SSSR count). The molecule has 1 unspecified atom stereocenters. The van der Waals surface area contributed by atoms with Crippen molar-refractivity contribution in [3.8, 4) is 0 Å². The molecule has 98 valence electrons. The lowest BCUT2D eigenvalue weighted by Gasteiger charge is -2.11. The molecule has 2 aromatic rings. The van der Waals surface area contributed by atoms with Crippen LogP contribution < -0.4 is 5.32 Å². The zero-order valence-electron chi connectivity index (χ0n) is 10.1. The Morgan fingerprint density at radius 3 is 2.37 bits per heavy atom. The monoisotopic (exact) mass is 293 g/mol. The Bertz CT molecular complexity index is 557. The highest BCUT2D eigenvalue weighted by atomic mass is 35.5. The van der Waals surface area contributed by atoms with Gasteiger partial charge in [0.15, 0.2) is 0 Å². The lowest BCUT2D eigenvalue weighted by molar-refractivity contribution is 0.0954. The Hall–Kier alpha value is -1.51. The SMILES string of the molecule is O=C(NCC(Cl)c1ccccc1)c1ccccc1Cl. The van der Waals surface area contributed by atoms with Gasteiger partial charge in [0, 0.05) is 6.54 Å². The summed E-state index contributed by atoms with van der Waals surface area (Å²) in [4.78, 5) is 11.9.